The molecule has 0 rings (SSSR count). The number of hydrogen-bond acceptors (Lipinski definition) is 1. The molecule has 5 heavy (non-hydrogen) atoms. The van der Waals surface area contributed by atoms with Gasteiger partial charge in [-0.2, -0.15) is 5.26 Å². The van der Waals surface area contributed by atoms with E-state index in [2.05, 4.69) is 0 Å². The second-order valence-electron chi connectivity index (χ2n) is 0.688. The maximum Gasteiger partial charge on any atom is 0.0621 e. The molecule has 0 spiro atoms. The van der Waals surface area contributed by atoms with E-state index in [0.29, 0.717) is 0 Å². The minimum absolute atomic E-state index is 0.0208. The van der Waals surface area contributed by atoms with Gasteiger partial charge in [-0.1, -0.05) is 6.92 Å². The molecule has 0 aliphatic carbocycles. The van der Waals surface area contributed by atoms with Gasteiger partial charge in [0.1, 0.15) is 0 Å². The van der Waals surface area contributed by atoms with Gasteiger partial charge in [-0.05, 0) is 6.37 Å². The van der Waals surface area contributed by atoms with Gasteiger partial charge in [-0.3, -0.25) is 0 Å². The van der Waals surface area contributed by atoms with E-state index in [1.807, 2.05) is 0 Å². The molecular formula is C4H7N. The lowest BCUT2D eigenvalue weighted by Crippen LogP contribution is -1.53. The van der Waals surface area contributed by atoms with Crippen LogP contribution in [0.2, 0.25) is 0 Å². The van der Waals surface area contributed by atoms with Gasteiger partial charge in [0.2, 0.25) is 0 Å². The van der Waals surface area contributed by atoms with Crippen LogP contribution in [0.25, 0.3) is 0 Å². The van der Waals surface area contributed by atoms with E-state index >= 15 is 0 Å². The first kappa shape index (κ1) is 1.81. The fourth-order valence-electron chi connectivity index (χ4n) is 0.0791. The number of rotatable bonds is 1. The molecule has 0 aliphatic heterocycles. The van der Waals surface area contributed by atoms with Gasteiger partial charge in [0.15, 0.2) is 0 Å². The molecule has 28 valence electrons. The van der Waals surface area contributed by atoms with Crippen molar-refractivity contribution >= 4 is 0 Å². The van der Waals surface area contributed by atoms with Crippen LogP contribution in [0.15, 0.2) is 0 Å². The quantitative estimate of drug-likeness (QED) is 0.457. The lowest BCUT2D eigenvalue weighted by Gasteiger charge is -1.65. The van der Waals surface area contributed by atoms with E-state index in [1.165, 1.54) is 6.92 Å². The van der Waals surface area contributed by atoms with Gasteiger partial charge in [-0.15, -0.1) is 0 Å². The third kappa shape index (κ3) is 3.49. The van der Waals surface area contributed by atoms with E-state index in [0.717, 1.165) is 0 Å². The molecule has 0 aromatic carbocycles. The van der Waals surface area contributed by atoms with Crippen molar-refractivity contribution in [2.45, 2.75) is 19.7 Å². The highest BCUT2D eigenvalue weighted by Gasteiger charge is 1.65. The number of hydrogen-bond donors (Lipinski definition) is 0. The summed E-state index contributed by atoms with van der Waals surface area (Å²) in [4.78, 5) is 0. The largest absolute Gasteiger partial charge is 0.198 e. The zero-order valence-electron chi connectivity index (χ0n) is 5.15. The normalized spacial score (nSPS) is 15.2. The average molecular weight is 71.1 g/mol. The molecule has 0 saturated heterocycles. The van der Waals surface area contributed by atoms with Crippen LogP contribution < -0.4 is 0 Å². The van der Waals surface area contributed by atoms with Crippen molar-refractivity contribution in [1.29, 1.82) is 5.26 Å². The molecule has 0 aliphatic rings. The Balaban J connectivity index is 3.40. The van der Waals surface area contributed by atoms with Crippen molar-refractivity contribution in [2.75, 3.05) is 0 Å². The molecule has 0 saturated carbocycles. The van der Waals surface area contributed by atoms with E-state index in [4.69, 9.17) is 8.00 Å². The predicted octanol–water partition coefficient (Wildman–Crippen LogP) is 1.31. The first-order valence-corrected chi connectivity index (χ1v) is 1.43. The Bertz CT molecular complexity index is 86.8. The SMILES string of the molecule is [2H]C([2H])(C)CC#N. The summed E-state index contributed by atoms with van der Waals surface area (Å²) in [7, 11) is 0. The van der Waals surface area contributed by atoms with Crippen LogP contribution in [0.4, 0.5) is 0 Å². The molecule has 1 heteroatoms. The highest BCUT2D eigenvalue weighted by atomic mass is 14.2. The first-order valence-electron chi connectivity index (χ1n) is 2.43. The lowest BCUT2D eigenvalue weighted by molar-refractivity contribution is 0.969. The van der Waals surface area contributed by atoms with Crippen molar-refractivity contribution in [2.24, 2.45) is 0 Å². The summed E-state index contributed by atoms with van der Waals surface area (Å²) in [6, 6.07) is 1.73. The van der Waals surface area contributed by atoms with Crippen LogP contribution in [-0.4, -0.2) is 0 Å². The molecule has 0 N–H and O–H groups in total. The summed E-state index contributed by atoms with van der Waals surface area (Å²) in [5.74, 6) is 0. The molecule has 0 aromatic heterocycles. The van der Waals surface area contributed by atoms with Gasteiger partial charge in [-0.25, -0.2) is 0 Å². The summed E-state index contributed by atoms with van der Waals surface area (Å²) in [5.41, 5.74) is 0. The molecule has 0 radical (unpaired) electrons. The van der Waals surface area contributed by atoms with Crippen molar-refractivity contribution in [1.82, 2.24) is 0 Å². The Hall–Kier alpha value is -0.510. The predicted molar refractivity (Wildman–Crippen MR) is 20.5 cm³/mol. The summed E-state index contributed by atoms with van der Waals surface area (Å²) >= 11 is 0. The smallest absolute Gasteiger partial charge is 0.0621 e. The Morgan fingerprint density at radius 3 is 2.80 bits per heavy atom. The average Bonchev–Trinajstić information content (AvgIpc) is 1.30. The van der Waals surface area contributed by atoms with E-state index in [-0.39, 0.29) is 6.42 Å². The highest BCUT2D eigenvalue weighted by molar-refractivity contribution is 4.65. The monoisotopic (exact) mass is 71.1 g/mol. The van der Waals surface area contributed by atoms with E-state index < -0.39 is 6.37 Å². The molecule has 0 atom stereocenters. The van der Waals surface area contributed by atoms with Crippen molar-refractivity contribution in [3.05, 3.63) is 0 Å². The Kier molecular flexibility index (Phi) is 1.27. The van der Waals surface area contributed by atoms with Crippen LogP contribution in [0.1, 0.15) is 22.5 Å². The molecule has 1 nitrogen and oxygen atoms in total. The third-order valence-corrected chi connectivity index (χ3v) is 0.256. The van der Waals surface area contributed by atoms with Gasteiger partial charge in [0, 0.05) is 9.16 Å². The van der Waals surface area contributed by atoms with Crippen molar-refractivity contribution in [3.8, 4) is 6.07 Å². The fraction of sp³-hybridized carbons (Fsp3) is 0.750. The number of nitrogens with zero attached hydrogens (tertiary/aromatic N) is 1. The summed E-state index contributed by atoms with van der Waals surface area (Å²) in [6.07, 6.45) is -1.33. The zero-order valence-corrected chi connectivity index (χ0v) is 3.15. The molecule has 0 fully saturated rings. The van der Waals surface area contributed by atoms with Crippen LogP contribution >= 0.6 is 0 Å². The maximum atomic E-state index is 7.91. The first-order chi connectivity index (χ1) is 3.06. The summed E-state index contributed by atoms with van der Waals surface area (Å²) < 4.78 is 13.6. The van der Waals surface area contributed by atoms with Crippen LogP contribution in [-0.2, 0) is 0 Å². The minimum Gasteiger partial charge on any atom is -0.198 e. The minimum atomic E-state index is -1.31. The standard InChI is InChI=1S/C4H7N/c1-2-3-4-5/h2-3H2,1H3/i2D2. The second-order valence-corrected chi connectivity index (χ2v) is 0.688. The fourth-order valence-corrected chi connectivity index (χ4v) is 0.0791. The zero-order chi connectivity index (χ0) is 5.91. The van der Waals surface area contributed by atoms with E-state index in [9.17, 15) is 0 Å². The van der Waals surface area contributed by atoms with Crippen molar-refractivity contribution in [3.63, 3.8) is 0 Å². The lowest BCUT2D eigenvalue weighted by atomic mass is 10.4. The third-order valence-electron chi connectivity index (χ3n) is 0.256. The molecule has 0 heterocycles. The molecule has 0 aromatic rings. The molecule has 0 unspecified atom stereocenters. The topological polar surface area (TPSA) is 23.8 Å². The Labute approximate surface area is 35.0 Å². The van der Waals surface area contributed by atoms with Gasteiger partial charge >= 0.3 is 0 Å². The molecule has 0 amide bonds. The summed E-state index contributed by atoms with van der Waals surface area (Å²) in [5, 5.41) is 7.91. The van der Waals surface area contributed by atoms with Gasteiger partial charge in [0.25, 0.3) is 0 Å². The second kappa shape index (κ2) is 3.49. The van der Waals surface area contributed by atoms with Gasteiger partial charge < -0.3 is 0 Å². The highest BCUT2D eigenvalue weighted by Crippen LogP contribution is 1.77. The maximum absolute atomic E-state index is 7.91. The summed E-state index contributed by atoms with van der Waals surface area (Å²) in [6.45, 7) is 1.39. The molecular weight excluding hydrogens is 62.1 g/mol. The van der Waals surface area contributed by atoms with Crippen LogP contribution in [0, 0.1) is 11.3 Å². The van der Waals surface area contributed by atoms with Crippen molar-refractivity contribution < 1.29 is 2.74 Å². The van der Waals surface area contributed by atoms with Crippen LogP contribution in [0.5, 0.6) is 0 Å². The van der Waals surface area contributed by atoms with Gasteiger partial charge in [0.05, 0.1) is 6.07 Å². The Morgan fingerprint density at radius 1 is 2.20 bits per heavy atom. The van der Waals surface area contributed by atoms with E-state index in [1.54, 1.807) is 6.07 Å². The molecule has 0 bridgehead atoms. The number of nitriles is 1. The Morgan fingerprint density at radius 2 is 2.80 bits per heavy atom. The van der Waals surface area contributed by atoms with Crippen LogP contribution in [0.3, 0.4) is 0 Å².